The molecule has 0 aliphatic rings. The fraction of sp³-hybridized carbons (Fsp3) is 0.250. The summed E-state index contributed by atoms with van der Waals surface area (Å²) in [6, 6.07) is 0. The molecule has 0 aromatic carbocycles. The zero-order valence-corrected chi connectivity index (χ0v) is 9.96. The Hall–Kier alpha value is -2.07. The fourth-order valence-electron chi connectivity index (χ4n) is 1.15. The van der Waals surface area contributed by atoms with Crippen molar-refractivity contribution < 1.29 is 12.9 Å². The lowest BCUT2D eigenvalue weighted by Crippen LogP contribution is -2.26. The Morgan fingerprint density at radius 3 is 2.61 bits per heavy atom. The molecule has 0 bridgehead atoms. The molecule has 0 saturated carbocycles. The molecule has 2 aromatic rings. The first kappa shape index (κ1) is 12.4. The van der Waals surface area contributed by atoms with Crippen LogP contribution in [0.4, 0.5) is 5.95 Å². The van der Waals surface area contributed by atoms with Gasteiger partial charge in [-0.2, -0.15) is 4.98 Å². The summed E-state index contributed by atoms with van der Waals surface area (Å²) in [5.74, 6) is 0.437. The van der Waals surface area contributed by atoms with Crippen LogP contribution in [-0.2, 0) is 16.4 Å². The first-order chi connectivity index (χ1) is 8.58. The van der Waals surface area contributed by atoms with Crippen LogP contribution in [0.1, 0.15) is 5.82 Å². The maximum absolute atomic E-state index is 11.8. The highest BCUT2D eigenvalue weighted by atomic mass is 32.2. The third-order valence-electron chi connectivity index (χ3n) is 2.01. The zero-order chi connectivity index (χ0) is 13.0. The number of rotatable bonds is 5. The van der Waals surface area contributed by atoms with Crippen LogP contribution in [0.15, 0.2) is 28.2 Å². The molecular weight excluding hydrogens is 260 g/mol. The molecular formula is C8H10N6O3S. The lowest BCUT2D eigenvalue weighted by atomic mass is 10.4. The predicted molar refractivity (Wildman–Crippen MR) is 59.6 cm³/mol. The Morgan fingerprint density at radius 1 is 1.28 bits per heavy atom. The van der Waals surface area contributed by atoms with Gasteiger partial charge in [0.15, 0.2) is 5.82 Å². The van der Waals surface area contributed by atoms with Crippen LogP contribution < -0.4 is 10.5 Å². The smallest absolute Gasteiger partial charge is 0.243 e. The molecule has 96 valence electrons. The molecule has 0 aliphatic heterocycles. The number of anilines is 1. The number of nitrogens with zero attached hydrogens (tertiary/aromatic N) is 4. The van der Waals surface area contributed by atoms with Gasteiger partial charge in [0.2, 0.25) is 22.4 Å². The molecule has 0 atom stereocenters. The highest BCUT2D eigenvalue weighted by Crippen LogP contribution is 2.05. The third kappa shape index (κ3) is 2.99. The highest BCUT2D eigenvalue weighted by molar-refractivity contribution is 7.89. The van der Waals surface area contributed by atoms with E-state index in [4.69, 9.17) is 5.73 Å². The van der Waals surface area contributed by atoms with Crippen LogP contribution >= 0.6 is 0 Å². The molecule has 2 rings (SSSR count). The van der Waals surface area contributed by atoms with Crippen LogP contribution in [0.2, 0.25) is 0 Å². The Balaban J connectivity index is 1.97. The van der Waals surface area contributed by atoms with Crippen LogP contribution in [0, 0.1) is 0 Å². The van der Waals surface area contributed by atoms with Gasteiger partial charge in [0.05, 0.1) is 12.4 Å². The first-order valence-electron chi connectivity index (χ1n) is 4.90. The number of hydrogen-bond acceptors (Lipinski definition) is 8. The SMILES string of the molecule is Nc1ncc(S(=O)(=O)NCCc2ncon2)cn1. The van der Waals surface area contributed by atoms with Crippen LogP contribution in [0.25, 0.3) is 0 Å². The van der Waals surface area contributed by atoms with E-state index in [0.717, 1.165) is 12.4 Å². The number of aromatic nitrogens is 4. The van der Waals surface area contributed by atoms with Crippen molar-refractivity contribution in [2.75, 3.05) is 12.3 Å². The minimum atomic E-state index is -3.65. The molecule has 18 heavy (non-hydrogen) atoms. The molecule has 0 fully saturated rings. The molecule has 2 heterocycles. The molecule has 10 heteroatoms. The van der Waals surface area contributed by atoms with E-state index >= 15 is 0 Å². The van der Waals surface area contributed by atoms with Crippen molar-refractivity contribution >= 4 is 16.0 Å². The van der Waals surface area contributed by atoms with Gasteiger partial charge in [0.25, 0.3) is 0 Å². The summed E-state index contributed by atoms with van der Waals surface area (Å²) in [7, 11) is -3.65. The number of nitrogen functional groups attached to an aromatic ring is 1. The second-order valence-electron chi connectivity index (χ2n) is 3.27. The van der Waals surface area contributed by atoms with Crippen LogP contribution in [0.5, 0.6) is 0 Å². The highest BCUT2D eigenvalue weighted by Gasteiger charge is 2.14. The molecule has 0 saturated heterocycles. The van der Waals surface area contributed by atoms with Crippen molar-refractivity contribution in [2.45, 2.75) is 11.3 Å². The zero-order valence-electron chi connectivity index (χ0n) is 9.15. The molecule has 0 unspecified atom stereocenters. The number of nitrogens with one attached hydrogen (secondary N) is 1. The second-order valence-corrected chi connectivity index (χ2v) is 5.04. The number of hydrogen-bond donors (Lipinski definition) is 2. The second kappa shape index (κ2) is 5.06. The van der Waals surface area contributed by atoms with Crippen LogP contribution in [0.3, 0.4) is 0 Å². The number of nitrogens with two attached hydrogens (primary N) is 1. The summed E-state index contributed by atoms with van der Waals surface area (Å²) in [5.41, 5.74) is 5.27. The molecule has 2 aromatic heterocycles. The first-order valence-corrected chi connectivity index (χ1v) is 6.39. The maximum Gasteiger partial charge on any atom is 0.243 e. The van der Waals surface area contributed by atoms with Gasteiger partial charge in [-0.3, -0.25) is 0 Å². The molecule has 0 radical (unpaired) electrons. The lowest BCUT2D eigenvalue weighted by Gasteiger charge is -2.04. The van der Waals surface area contributed by atoms with Crippen molar-refractivity contribution in [3.8, 4) is 0 Å². The molecule has 0 amide bonds. The predicted octanol–water partition coefficient (Wildman–Crippen LogP) is -1.04. The van der Waals surface area contributed by atoms with Crippen molar-refractivity contribution in [3.05, 3.63) is 24.6 Å². The quantitative estimate of drug-likeness (QED) is 0.703. The van der Waals surface area contributed by atoms with Gasteiger partial charge in [0, 0.05) is 13.0 Å². The van der Waals surface area contributed by atoms with E-state index in [0.29, 0.717) is 12.2 Å². The average molecular weight is 270 g/mol. The van der Waals surface area contributed by atoms with Gasteiger partial charge in [0.1, 0.15) is 4.90 Å². The van der Waals surface area contributed by atoms with E-state index in [1.54, 1.807) is 0 Å². The Morgan fingerprint density at radius 2 is 2.00 bits per heavy atom. The topological polar surface area (TPSA) is 137 Å². The maximum atomic E-state index is 11.8. The van der Waals surface area contributed by atoms with Crippen molar-refractivity contribution in [1.82, 2.24) is 24.8 Å². The summed E-state index contributed by atoms with van der Waals surface area (Å²) in [6.45, 7) is 0.145. The molecule has 0 spiro atoms. The minimum Gasteiger partial charge on any atom is -0.368 e. The minimum absolute atomic E-state index is 0.0146. The van der Waals surface area contributed by atoms with Crippen LogP contribution in [-0.4, -0.2) is 35.1 Å². The molecule has 3 N–H and O–H groups in total. The van der Waals surface area contributed by atoms with E-state index < -0.39 is 10.0 Å². The Labute approximate surface area is 102 Å². The van der Waals surface area contributed by atoms with Gasteiger partial charge >= 0.3 is 0 Å². The van der Waals surface area contributed by atoms with Crippen molar-refractivity contribution in [2.24, 2.45) is 0 Å². The summed E-state index contributed by atoms with van der Waals surface area (Å²) in [6.07, 6.45) is 3.78. The van der Waals surface area contributed by atoms with Gasteiger partial charge in [-0.1, -0.05) is 5.16 Å². The van der Waals surface area contributed by atoms with Gasteiger partial charge in [-0.05, 0) is 0 Å². The standard InChI is InChI=1S/C8H10N6O3S/c9-8-10-3-6(4-11-8)18(15,16)13-2-1-7-12-5-17-14-7/h3-5,13H,1-2H2,(H2,9,10,11). The van der Waals surface area contributed by atoms with E-state index in [1.165, 1.54) is 6.39 Å². The largest absolute Gasteiger partial charge is 0.368 e. The van der Waals surface area contributed by atoms with Crippen molar-refractivity contribution in [3.63, 3.8) is 0 Å². The van der Waals surface area contributed by atoms with E-state index in [9.17, 15) is 8.42 Å². The third-order valence-corrected chi connectivity index (χ3v) is 3.42. The normalized spacial score (nSPS) is 11.6. The van der Waals surface area contributed by atoms with E-state index in [1.807, 2.05) is 0 Å². The van der Waals surface area contributed by atoms with Gasteiger partial charge in [-0.25, -0.2) is 23.1 Å². The summed E-state index contributed by atoms with van der Waals surface area (Å²) < 4.78 is 30.4. The molecule has 9 nitrogen and oxygen atoms in total. The number of sulfonamides is 1. The summed E-state index contributed by atoms with van der Waals surface area (Å²) in [4.78, 5) is 10.9. The Bertz CT molecular complexity index is 594. The Kier molecular flexibility index (Phi) is 3.48. The fourth-order valence-corrected chi connectivity index (χ4v) is 2.07. The summed E-state index contributed by atoms with van der Waals surface area (Å²) >= 11 is 0. The molecule has 0 aliphatic carbocycles. The van der Waals surface area contributed by atoms with Gasteiger partial charge < -0.3 is 10.3 Å². The van der Waals surface area contributed by atoms with E-state index in [2.05, 4.69) is 29.4 Å². The van der Waals surface area contributed by atoms with E-state index in [-0.39, 0.29) is 17.4 Å². The average Bonchev–Trinajstić information content (AvgIpc) is 2.82. The lowest BCUT2D eigenvalue weighted by molar-refractivity contribution is 0.410. The van der Waals surface area contributed by atoms with Crippen molar-refractivity contribution in [1.29, 1.82) is 0 Å². The monoisotopic (exact) mass is 270 g/mol. The van der Waals surface area contributed by atoms with Gasteiger partial charge in [-0.15, -0.1) is 0 Å². The summed E-state index contributed by atoms with van der Waals surface area (Å²) in [5, 5.41) is 3.56.